The molecule has 0 bridgehead atoms. The van der Waals surface area contributed by atoms with Gasteiger partial charge in [-0.1, -0.05) is 54.3 Å². The van der Waals surface area contributed by atoms with E-state index in [2.05, 4.69) is 6.92 Å². The van der Waals surface area contributed by atoms with Gasteiger partial charge in [-0.15, -0.1) is 0 Å². The molecule has 0 spiro atoms. The Morgan fingerprint density at radius 1 is 1.12 bits per heavy atom. The Morgan fingerprint density at radius 2 is 1.85 bits per heavy atom. The molecule has 0 aliphatic rings. The van der Waals surface area contributed by atoms with E-state index in [1.54, 1.807) is 30.7 Å². The van der Waals surface area contributed by atoms with Crippen LogP contribution in [0.4, 0.5) is 0 Å². The Kier molecular flexibility index (Phi) is 7.50. The standard InChI is InChI=1S/C24H23N3O4S3/c1-4-15-10-12-16(13-11-15)26-21-20(34-24(26)32)22(29)27(17-8-6-7-9-18(17)30-3)23(25-21)33-14-19(28)31-5-2/h6-13H,4-5,14H2,1-3H3. The molecule has 0 saturated heterocycles. The SMILES string of the molecule is CCOC(=O)CSc1nc2c(sc(=S)n2-c2ccc(CC)cc2)c(=O)n1-c1ccccc1OC. The van der Waals surface area contributed by atoms with Gasteiger partial charge in [0.2, 0.25) is 0 Å². The van der Waals surface area contributed by atoms with Crippen LogP contribution in [0.15, 0.2) is 58.5 Å². The Morgan fingerprint density at radius 3 is 2.53 bits per heavy atom. The van der Waals surface area contributed by atoms with Crippen LogP contribution in [0.1, 0.15) is 19.4 Å². The Bertz CT molecular complexity index is 1460. The van der Waals surface area contributed by atoms with E-state index in [1.165, 1.54) is 21.5 Å². The molecule has 7 nitrogen and oxygen atoms in total. The third kappa shape index (κ3) is 4.66. The number of aromatic nitrogens is 3. The van der Waals surface area contributed by atoms with Crippen LogP contribution in [-0.4, -0.2) is 39.6 Å². The van der Waals surface area contributed by atoms with Gasteiger partial charge in [0, 0.05) is 5.69 Å². The van der Waals surface area contributed by atoms with Crippen LogP contribution in [0.3, 0.4) is 0 Å². The van der Waals surface area contributed by atoms with Crippen molar-refractivity contribution in [2.24, 2.45) is 0 Å². The van der Waals surface area contributed by atoms with E-state index in [4.69, 9.17) is 26.7 Å². The number of hydrogen-bond donors (Lipinski definition) is 0. The normalized spacial score (nSPS) is 11.0. The second-order valence-corrected chi connectivity index (χ2v) is 9.76. The van der Waals surface area contributed by atoms with Crippen molar-refractivity contribution in [3.05, 3.63) is 68.4 Å². The fraction of sp³-hybridized carbons (Fsp3) is 0.250. The van der Waals surface area contributed by atoms with Crippen molar-refractivity contribution in [1.29, 1.82) is 0 Å². The van der Waals surface area contributed by atoms with Crippen molar-refractivity contribution < 1.29 is 14.3 Å². The predicted molar refractivity (Wildman–Crippen MR) is 139 cm³/mol. The largest absolute Gasteiger partial charge is 0.495 e. The topological polar surface area (TPSA) is 75.4 Å². The summed E-state index contributed by atoms with van der Waals surface area (Å²) in [4.78, 5) is 30.7. The summed E-state index contributed by atoms with van der Waals surface area (Å²) in [6, 6.07) is 15.2. The number of aryl methyl sites for hydroxylation is 1. The van der Waals surface area contributed by atoms with Crippen LogP contribution in [0.5, 0.6) is 5.75 Å². The van der Waals surface area contributed by atoms with Crippen molar-refractivity contribution in [2.75, 3.05) is 19.5 Å². The lowest BCUT2D eigenvalue weighted by molar-refractivity contribution is -0.139. The molecule has 2 aromatic heterocycles. The first kappa shape index (κ1) is 24.2. The lowest BCUT2D eigenvalue weighted by Gasteiger charge is -2.15. The zero-order valence-electron chi connectivity index (χ0n) is 18.9. The summed E-state index contributed by atoms with van der Waals surface area (Å²) in [6.07, 6.45) is 0.923. The van der Waals surface area contributed by atoms with Crippen molar-refractivity contribution >= 4 is 51.6 Å². The summed E-state index contributed by atoms with van der Waals surface area (Å²) in [5.74, 6) is 0.143. The van der Waals surface area contributed by atoms with E-state index in [0.717, 1.165) is 23.9 Å². The number of fused-ring (bicyclic) bond motifs is 1. The molecule has 0 fully saturated rings. The molecule has 2 heterocycles. The van der Waals surface area contributed by atoms with E-state index >= 15 is 0 Å². The van der Waals surface area contributed by atoms with Gasteiger partial charge >= 0.3 is 5.97 Å². The van der Waals surface area contributed by atoms with Crippen LogP contribution in [-0.2, 0) is 16.0 Å². The smallest absolute Gasteiger partial charge is 0.316 e. The first-order valence-electron chi connectivity index (χ1n) is 10.7. The number of thiazole rings is 1. The predicted octanol–water partition coefficient (Wildman–Crippen LogP) is 5.19. The Balaban J connectivity index is 1.96. The minimum absolute atomic E-state index is 0.0109. The number of para-hydroxylation sites is 2. The summed E-state index contributed by atoms with van der Waals surface area (Å²) in [7, 11) is 1.54. The molecule has 0 aliphatic heterocycles. The highest BCUT2D eigenvalue weighted by Gasteiger charge is 2.21. The van der Waals surface area contributed by atoms with Crippen molar-refractivity contribution in [3.8, 4) is 17.1 Å². The fourth-order valence-electron chi connectivity index (χ4n) is 3.49. The number of thioether (sulfide) groups is 1. The van der Waals surface area contributed by atoms with E-state index < -0.39 is 0 Å². The lowest BCUT2D eigenvalue weighted by atomic mass is 10.1. The van der Waals surface area contributed by atoms with E-state index in [9.17, 15) is 9.59 Å². The van der Waals surface area contributed by atoms with Crippen LogP contribution >= 0.6 is 35.3 Å². The molecule has 10 heteroatoms. The molecule has 0 amide bonds. The summed E-state index contributed by atoms with van der Waals surface area (Å²) >= 11 is 7.99. The molecule has 4 aromatic rings. The fourth-order valence-corrected chi connectivity index (χ4v) is 5.59. The lowest BCUT2D eigenvalue weighted by Crippen LogP contribution is -2.22. The van der Waals surface area contributed by atoms with Gasteiger partial charge in [0.05, 0.1) is 25.2 Å². The van der Waals surface area contributed by atoms with Crippen LogP contribution in [0.25, 0.3) is 21.7 Å². The molecule has 0 N–H and O–H groups in total. The summed E-state index contributed by atoms with van der Waals surface area (Å²) < 4.78 is 14.8. The van der Waals surface area contributed by atoms with Gasteiger partial charge in [0.15, 0.2) is 14.8 Å². The molecule has 0 atom stereocenters. The first-order valence-corrected chi connectivity index (χ1v) is 12.9. The minimum atomic E-state index is -0.384. The minimum Gasteiger partial charge on any atom is -0.495 e. The van der Waals surface area contributed by atoms with Crippen LogP contribution < -0.4 is 10.3 Å². The molecule has 176 valence electrons. The van der Waals surface area contributed by atoms with Crippen molar-refractivity contribution in [2.45, 2.75) is 25.4 Å². The number of benzene rings is 2. The summed E-state index contributed by atoms with van der Waals surface area (Å²) in [5, 5.41) is 0.349. The summed E-state index contributed by atoms with van der Waals surface area (Å²) in [5.41, 5.74) is 2.75. The van der Waals surface area contributed by atoms with Gasteiger partial charge in [-0.2, -0.15) is 0 Å². The highest BCUT2D eigenvalue weighted by Crippen LogP contribution is 2.30. The third-order valence-corrected chi connectivity index (χ3v) is 7.39. The molecule has 4 rings (SSSR count). The molecule has 0 aliphatic carbocycles. The first-order chi connectivity index (χ1) is 16.5. The maximum Gasteiger partial charge on any atom is 0.316 e. The van der Waals surface area contributed by atoms with Gasteiger partial charge < -0.3 is 9.47 Å². The van der Waals surface area contributed by atoms with E-state index in [-0.39, 0.29) is 23.9 Å². The van der Waals surface area contributed by atoms with Gasteiger partial charge in [-0.05, 0) is 55.4 Å². The van der Waals surface area contributed by atoms with Crippen molar-refractivity contribution in [3.63, 3.8) is 0 Å². The molecule has 2 aromatic carbocycles. The average molecular weight is 514 g/mol. The van der Waals surface area contributed by atoms with Crippen LogP contribution in [0, 0.1) is 3.95 Å². The van der Waals surface area contributed by atoms with Gasteiger partial charge in [0.1, 0.15) is 10.4 Å². The molecule has 34 heavy (non-hydrogen) atoms. The number of nitrogens with zero attached hydrogens (tertiary/aromatic N) is 3. The number of methoxy groups -OCH3 is 1. The highest BCUT2D eigenvalue weighted by atomic mass is 32.2. The number of hydrogen-bond acceptors (Lipinski definition) is 8. The number of carbonyl (C=O) groups is 1. The molecule has 0 unspecified atom stereocenters. The monoisotopic (exact) mass is 513 g/mol. The number of rotatable bonds is 8. The zero-order chi connectivity index (χ0) is 24.2. The quantitative estimate of drug-likeness (QED) is 0.139. The van der Waals surface area contributed by atoms with Gasteiger partial charge in [0.25, 0.3) is 5.56 Å². The molecule has 0 saturated carbocycles. The molecule has 0 radical (unpaired) electrons. The van der Waals surface area contributed by atoms with Crippen molar-refractivity contribution in [1.82, 2.24) is 14.1 Å². The second-order valence-electron chi connectivity index (χ2n) is 7.18. The Labute approximate surface area is 210 Å². The molecular weight excluding hydrogens is 490 g/mol. The van der Waals surface area contributed by atoms with E-state index in [0.29, 0.717) is 30.9 Å². The third-order valence-electron chi connectivity index (χ3n) is 5.13. The summed E-state index contributed by atoms with van der Waals surface area (Å²) in [6.45, 7) is 4.12. The Hall–Kier alpha value is -2.95. The maximum atomic E-state index is 13.8. The number of carbonyl (C=O) groups excluding carboxylic acids is 1. The number of esters is 1. The maximum absolute atomic E-state index is 13.8. The van der Waals surface area contributed by atoms with E-state index in [1.807, 2.05) is 36.4 Å². The van der Waals surface area contributed by atoms with Gasteiger partial charge in [-0.25, -0.2) is 4.98 Å². The number of ether oxygens (including phenoxy) is 2. The van der Waals surface area contributed by atoms with Crippen LogP contribution in [0.2, 0.25) is 0 Å². The molecular formula is C24H23N3O4S3. The second kappa shape index (κ2) is 10.5. The highest BCUT2D eigenvalue weighted by molar-refractivity contribution is 7.99. The zero-order valence-corrected chi connectivity index (χ0v) is 21.4. The van der Waals surface area contributed by atoms with Gasteiger partial charge in [-0.3, -0.25) is 18.7 Å². The average Bonchev–Trinajstić information content (AvgIpc) is 3.19.